The fraction of sp³-hybridized carbons (Fsp3) is 0.235. The molecule has 0 aliphatic heterocycles. The molecular formula is C17H19ClN2O. The fourth-order valence-corrected chi connectivity index (χ4v) is 2.15. The zero-order valence-corrected chi connectivity index (χ0v) is 12.8. The predicted octanol–water partition coefficient (Wildman–Crippen LogP) is 3.14. The lowest BCUT2D eigenvalue weighted by molar-refractivity contribution is -0.120. The van der Waals surface area contributed by atoms with E-state index < -0.39 is 0 Å². The normalized spacial score (nSPS) is 10.2. The predicted molar refractivity (Wildman–Crippen MR) is 87.9 cm³/mol. The number of anilines is 1. The number of likely N-dealkylation sites (N-methyl/N-ethyl adjacent to an activating group) is 1. The molecule has 0 saturated heterocycles. The lowest BCUT2D eigenvalue weighted by Crippen LogP contribution is -2.33. The Bertz CT molecular complexity index is 569. The van der Waals surface area contributed by atoms with Gasteiger partial charge in [-0.15, -0.1) is 0 Å². The van der Waals surface area contributed by atoms with Crippen molar-refractivity contribution in [3.8, 4) is 0 Å². The molecule has 3 nitrogen and oxygen atoms in total. The van der Waals surface area contributed by atoms with Crippen LogP contribution in [0.1, 0.15) is 5.56 Å². The number of carbonyl (C=O) groups excluding carboxylic acids is 1. The Kier molecular flexibility index (Phi) is 5.64. The Morgan fingerprint density at radius 1 is 1.10 bits per heavy atom. The van der Waals surface area contributed by atoms with Gasteiger partial charge in [0.1, 0.15) is 0 Å². The summed E-state index contributed by atoms with van der Waals surface area (Å²) in [5.41, 5.74) is 2.11. The van der Waals surface area contributed by atoms with Crippen molar-refractivity contribution in [2.75, 3.05) is 25.0 Å². The third kappa shape index (κ3) is 5.12. The van der Waals surface area contributed by atoms with Crippen LogP contribution in [0.15, 0.2) is 54.6 Å². The summed E-state index contributed by atoms with van der Waals surface area (Å²) in [6, 6.07) is 17.4. The fourth-order valence-electron chi connectivity index (χ4n) is 2.02. The summed E-state index contributed by atoms with van der Waals surface area (Å²) in [6.45, 7) is 1.40. The van der Waals surface area contributed by atoms with Gasteiger partial charge in [0.05, 0.1) is 6.42 Å². The van der Waals surface area contributed by atoms with Crippen LogP contribution < -0.4 is 10.2 Å². The molecule has 0 saturated carbocycles. The number of halogens is 1. The van der Waals surface area contributed by atoms with Gasteiger partial charge in [-0.25, -0.2) is 0 Å². The molecule has 0 spiro atoms. The second kappa shape index (κ2) is 7.70. The van der Waals surface area contributed by atoms with Crippen molar-refractivity contribution in [2.24, 2.45) is 0 Å². The van der Waals surface area contributed by atoms with Gasteiger partial charge in [0.2, 0.25) is 5.91 Å². The van der Waals surface area contributed by atoms with Crippen LogP contribution in [-0.2, 0) is 11.2 Å². The first kappa shape index (κ1) is 15.4. The largest absolute Gasteiger partial charge is 0.373 e. The Hall–Kier alpha value is -2.00. The SMILES string of the molecule is CN(CCNC(=O)Cc1ccc(Cl)cc1)c1ccccc1. The second-order valence-electron chi connectivity index (χ2n) is 4.91. The van der Waals surface area contributed by atoms with Crippen molar-refractivity contribution in [1.82, 2.24) is 5.32 Å². The standard InChI is InChI=1S/C17H19ClN2O/c1-20(16-5-3-2-4-6-16)12-11-19-17(21)13-14-7-9-15(18)10-8-14/h2-10H,11-13H2,1H3,(H,19,21). The van der Waals surface area contributed by atoms with Crippen molar-refractivity contribution in [3.63, 3.8) is 0 Å². The van der Waals surface area contributed by atoms with E-state index >= 15 is 0 Å². The molecule has 1 amide bonds. The first-order chi connectivity index (χ1) is 10.1. The zero-order chi connectivity index (χ0) is 15.1. The minimum Gasteiger partial charge on any atom is -0.373 e. The van der Waals surface area contributed by atoms with Crippen LogP contribution in [0.3, 0.4) is 0 Å². The van der Waals surface area contributed by atoms with E-state index in [0.29, 0.717) is 18.0 Å². The van der Waals surface area contributed by atoms with Gasteiger partial charge in [0, 0.05) is 30.8 Å². The molecule has 1 N–H and O–H groups in total. The number of rotatable bonds is 6. The highest BCUT2D eigenvalue weighted by Gasteiger charge is 2.04. The Morgan fingerprint density at radius 2 is 1.76 bits per heavy atom. The maximum Gasteiger partial charge on any atom is 0.224 e. The summed E-state index contributed by atoms with van der Waals surface area (Å²) in [5.74, 6) is 0.0267. The number of carbonyl (C=O) groups is 1. The minimum absolute atomic E-state index is 0.0267. The van der Waals surface area contributed by atoms with Crippen molar-refractivity contribution < 1.29 is 4.79 Å². The Labute approximate surface area is 130 Å². The molecular weight excluding hydrogens is 284 g/mol. The maximum atomic E-state index is 11.9. The van der Waals surface area contributed by atoms with Gasteiger partial charge in [-0.3, -0.25) is 4.79 Å². The van der Waals surface area contributed by atoms with Gasteiger partial charge in [-0.2, -0.15) is 0 Å². The summed E-state index contributed by atoms with van der Waals surface area (Å²) in [4.78, 5) is 14.0. The topological polar surface area (TPSA) is 32.3 Å². The highest BCUT2D eigenvalue weighted by molar-refractivity contribution is 6.30. The van der Waals surface area contributed by atoms with Crippen LogP contribution in [0.2, 0.25) is 5.02 Å². The third-order valence-electron chi connectivity index (χ3n) is 3.24. The van der Waals surface area contributed by atoms with Crippen molar-refractivity contribution >= 4 is 23.2 Å². The summed E-state index contributed by atoms with van der Waals surface area (Å²) < 4.78 is 0. The number of nitrogens with zero attached hydrogens (tertiary/aromatic N) is 1. The van der Waals surface area contributed by atoms with Crippen molar-refractivity contribution in [3.05, 3.63) is 65.2 Å². The van der Waals surface area contributed by atoms with Gasteiger partial charge >= 0.3 is 0 Å². The van der Waals surface area contributed by atoms with E-state index in [2.05, 4.69) is 22.3 Å². The molecule has 2 aromatic carbocycles. The van der Waals surface area contributed by atoms with Crippen molar-refractivity contribution in [1.29, 1.82) is 0 Å². The van der Waals surface area contributed by atoms with E-state index in [0.717, 1.165) is 17.8 Å². The molecule has 0 aromatic heterocycles. The number of hydrogen-bond acceptors (Lipinski definition) is 2. The third-order valence-corrected chi connectivity index (χ3v) is 3.50. The highest BCUT2D eigenvalue weighted by atomic mass is 35.5. The van der Waals surface area contributed by atoms with E-state index in [9.17, 15) is 4.79 Å². The number of amides is 1. The van der Waals surface area contributed by atoms with E-state index in [1.165, 1.54) is 0 Å². The van der Waals surface area contributed by atoms with Gasteiger partial charge < -0.3 is 10.2 Å². The molecule has 0 aliphatic rings. The molecule has 2 rings (SSSR count). The Balaban J connectivity index is 1.73. The second-order valence-corrected chi connectivity index (χ2v) is 5.35. The summed E-state index contributed by atoms with van der Waals surface area (Å²) in [7, 11) is 2.01. The minimum atomic E-state index is 0.0267. The molecule has 0 unspecified atom stereocenters. The average molecular weight is 303 g/mol. The maximum absolute atomic E-state index is 11.9. The quantitative estimate of drug-likeness (QED) is 0.889. The first-order valence-corrected chi connectivity index (χ1v) is 7.30. The molecule has 0 fully saturated rings. The van der Waals surface area contributed by atoms with Crippen LogP contribution >= 0.6 is 11.6 Å². The van der Waals surface area contributed by atoms with Crippen LogP contribution in [0, 0.1) is 0 Å². The summed E-state index contributed by atoms with van der Waals surface area (Å²) in [5, 5.41) is 3.62. The van der Waals surface area contributed by atoms with Gasteiger partial charge in [0.25, 0.3) is 0 Å². The van der Waals surface area contributed by atoms with Crippen LogP contribution in [0.25, 0.3) is 0 Å². The van der Waals surface area contributed by atoms with Gasteiger partial charge in [-0.05, 0) is 29.8 Å². The number of hydrogen-bond donors (Lipinski definition) is 1. The number of para-hydroxylation sites is 1. The molecule has 21 heavy (non-hydrogen) atoms. The molecule has 0 bridgehead atoms. The average Bonchev–Trinajstić information content (AvgIpc) is 2.50. The zero-order valence-electron chi connectivity index (χ0n) is 12.1. The Morgan fingerprint density at radius 3 is 2.43 bits per heavy atom. The number of benzene rings is 2. The lowest BCUT2D eigenvalue weighted by Gasteiger charge is -2.19. The number of nitrogens with one attached hydrogen (secondary N) is 1. The summed E-state index contributed by atoms with van der Waals surface area (Å²) in [6.07, 6.45) is 0.381. The molecule has 0 atom stereocenters. The highest BCUT2D eigenvalue weighted by Crippen LogP contribution is 2.10. The van der Waals surface area contributed by atoms with Gasteiger partial charge in [0.15, 0.2) is 0 Å². The van der Waals surface area contributed by atoms with E-state index in [-0.39, 0.29) is 5.91 Å². The molecule has 2 aromatic rings. The molecule has 0 radical (unpaired) electrons. The smallest absolute Gasteiger partial charge is 0.224 e. The lowest BCUT2D eigenvalue weighted by atomic mass is 10.1. The molecule has 110 valence electrons. The van der Waals surface area contributed by atoms with Crippen LogP contribution in [0.4, 0.5) is 5.69 Å². The molecule has 0 heterocycles. The van der Waals surface area contributed by atoms with Crippen molar-refractivity contribution in [2.45, 2.75) is 6.42 Å². The monoisotopic (exact) mass is 302 g/mol. The van der Waals surface area contributed by atoms with Gasteiger partial charge in [-0.1, -0.05) is 41.9 Å². The summed E-state index contributed by atoms with van der Waals surface area (Å²) >= 11 is 5.82. The van der Waals surface area contributed by atoms with E-state index in [1.54, 1.807) is 12.1 Å². The van der Waals surface area contributed by atoms with Crippen LogP contribution in [0.5, 0.6) is 0 Å². The van der Waals surface area contributed by atoms with E-state index in [4.69, 9.17) is 11.6 Å². The first-order valence-electron chi connectivity index (χ1n) is 6.92. The van der Waals surface area contributed by atoms with E-state index in [1.807, 2.05) is 37.4 Å². The van der Waals surface area contributed by atoms with Crippen LogP contribution in [-0.4, -0.2) is 26.0 Å². The molecule has 0 aliphatic carbocycles. The molecule has 4 heteroatoms.